The van der Waals surface area contributed by atoms with Gasteiger partial charge in [-0.05, 0) is 37.6 Å². The Morgan fingerprint density at radius 3 is 2.75 bits per heavy atom. The van der Waals surface area contributed by atoms with Crippen molar-refractivity contribution in [3.8, 4) is 0 Å². The molecule has 3 atom stereocenters. The number of nitrogens with two attached hydrogens (primary N) is 1. The van der Waals surface area contributed by atoms with Gasteiger partial charge in [0.15, 0.2) is 0 Å². The van der Waals surface area contributed by atoms with Crippen LogP contribution in [0.15, 0.2) is 0 Å². The van der Waals surface area contributed by atoms with Crippen LogP contribution in [0.4, 0.5) is 0 Å². The van der Waals surface area contributed by atoms with Gasteiger partial charge in [-0.1, -0.05) is 39.5 Å². The molecule has 0 aromatic rings. The monoisotopic (exact) mass is 227 g/mol. The first kappa shape index (κ1) is 14.0. The molecule has 0 amide bonds. The van der Waals surface area contributed by atoms with Gasteiger partial charge in [0.05, 0.1) is 6.10 Å². The van der Waals surface area contributed by atoms with Crippen molar-refractivity contribution in [2.45, 2.75) is 64.9 Å². The van der Waals surface area contributed by atoms with E-state index in [1.54, 1.807) is 0 Å². The lowest BCUT2D eigenvalue weighted by atomic mass is 10.00. The standard InChI is InChI=1S/C14H29NO/c1-3-5-7-12(4-2)11-16-14-9-6-8-13(14)10-15/h12-14H,3-11,15H2,1-2H3. The number of hydrogen-bond donors (Lipinski definition) is 1. The summed E-state index contributed by atoms with van der Waals surface area (Å²) < 4.78 is 6.08. The van der Waals surface area contributed by atoms with Crippen LogP contribution in [0.2, 0.25) is 0 Å². The largest absolute Gasteiger partial charge is 0.378 e. The third-order valence-electron chi connectivity index (χ3n) is 3.98. The molecule has 0 aliphatic heterocycles. The Bertz CT molecular complexity index is 172. The summed E-state index contributed by atoms with van der Waals surface area (Å²) in [6.07, 6.45) is 9.48. The second-order valence-electron chi connectivity index (χ2n) is 5.21. The summed E-state index contributed by atoms with van der Waals surface area (Å²) in [6.45, 7) is 6.29. The molecule has 1 saturated carbocycles. The van der Waals surface area contributed by atoms with E-state index in [1.807, 2.05) is 0 Å². The zero-order valence-corrected chi connectivity index (χ0v) is 11.1. The van der Waals surface area contributed by atoms with E-state index in [-0.39, 0.29) is 0 Å². The highest BCUT2D eigenvalue weighted by molar-refractivity contribution is 4.79. The lowest BCUT2D eigenvalue weighted by Gasteiger charge is -2.22. The van der Waals surface area contributed by atoms with Crippen LogP contribution in [-0.2, 0) is 4.74 Å². The quantitative estimate of drug-likeness (QED) is 0.690. The van der Waals surface area contributed by atoms with Crippen LogP contribution in [0.25, 0.3) is 0 Å². The molecule has 0 heterocycles. The maximum absolute atomic E-state index is 6.08. The molecule has 96 valence electrons. The molecule has 3 unspecified atom stereocenters. The lowest BCUT2D eigenvalue weighted by molar-refractivity contribution is 0.00629. The molecule has 2 heteroatoms. The lowest BCUT2D eigenvalue weighted by Crippen LogP contribution is -2.27. The van der Waals surface area contributed by atoms with Gasteiger partial charge in [0.2, 0.25) is 0 Å². The first-order chi connectivity index (χ1) is 7.81. The molecule has 0 radical (unpaired) electrons. The summed E-state index contributed by atoms with van der Waals surface area (Å²) in [5.41, 5.74) is 5.76. The van der Waals surface area contributed by atoms with Gasteiger partial charge < -0.3 is 10.5 Å². The van der Waals surface area contributed by atoms with E-state index >= 15 is 0 Å². The summed E-state index contributed by atoms with van der Waals surface area (Å²) >= 11 is 0. The van der Waals surface area contributed by atoms with Crippen molar-refractivity contribution in [1.82, 2.24) is 0 Å². The van der Waals surface area contributed by atoms with Crippen molar-refractivity contribution >= 4 is 0 Å². The van der Waals surface area contributed by atoms with Crippen LogP contribution < -0.4 is 5.73 Å². The van der Waals surface area contributed by atoms with Gasteiger partial charge in [-0.3, -0.25) is 0 Å². The van der Waals surface area contributed by atoms with Gasteiger partial charge in [0.25, 0.3) is 0 Å². The van der Waals surface area contributed by atoms with E-state index in [9.17, 15) is 0 Å². The minimum Gasteiger partial charge on any atom is -0.378 e. The van der Waals surface area contributed by atoms with Crippen molar-refractivity contribution in [3.63, 3.8) is 0 Å². The van der Waals surface area contributed by atoms with Crippen molar-refractivity contribution in [3.05, 3.63) is 0 Å². The number of rotatable bonds is 8. The van der Waals surface area contributed by atoms with Crippen molar-refractivity contribution < 1.29 is 4.74 Å². The fourth-order valence-corrected chi connectivity index (χ4v) is 2.65. The van der Waals surface area contributed by atoms with Crippen LogP contribution in [0.3, 0.4) is 0 Å². The topological polar surface area (TPSA) is 35.2 Å². The molecule has 2 nitrogen and oxygen atoms in total. The average molecular weight is 227 g/mol. The fraction of sp³-hybridized carbons (Fsp3) is 1.00. The molecule has 0 bridgehead atoms. The normalized spacial score (nSPS) is 27.2. The Morgan fingerprint density at radius 2 is 2.12 bits per heavy atom. The van der Waals surface area contributed by atoms with Crippen LogP contribution >= 0.6 is 0 Å². The predicted octanol–water partition coefficient (Wildman–Crippen LogP) is 3.35. The molecule has 0 saturated heterocycles. The molecular formula is C14H29NO. The number of unbranched alkanes of at least 4 members (excludes halogenated alkanes) is 1. The molecule has 1 fully saturated rings. The highest BCUT2D eigenvalue weighted by Crippen LogP contribution is 2.28. The first-order valence-corrected chi connectivity index (χ1v) is 7.13. The van der Waals surface area contributed by atoms with Crippen LogP contribution in [0.5, 0.6) is 0 Å². The molecule has 1 aliphatic carbocycles. The van der Waals surface area contributed by atoms with E-state index in [4.69, 9.17) is 10.5 Å². The Kier molecular flexibility index (Phi) is 7.06. The summed E-state index contributed by atoms with van der Waals surface area (Å²) in [5.74, 6) is 1.39. The van der Waals surface area contributed by atoms with E-state index < -0.39 is 0 Å². The Morgan fingerprint density at radius 1 is 1.31 bits per heavy atom. The van der Waals surface area contributed by atoms with Crippen LogP contribution in [-0.4, -0.2) is 19.3 Å². The molecule has 0 aromatic heterocycles. The zero-order valence-electron chi connectivity index (χ0n) is 11.1. The van der Waals surface area contributed by atoms with Gasteiger partial charge in [0, 0.05) is 6.61 Å². The second kappa shape index (κ2) is 8.08. The Labute approximate surface area is 101 Å². The van der Waals surface area contributed by atoms with Gasteiger partial charge in [-0.15, -0.1) is 0 Å². The third-order valence-corrected chi connectivity index (χ3v) is 3.98. The Balaban J connectivity index is 2.20. The van der Waals surface area contributed by atoms with E-state index in [0.29, 0.717) is 12.0 Å². The second-order valence-corrected chi connectivity index (χ2v) is 5.21. The minimum atomic E-state index is 0.459. The highest BCUT2D eigenvalue weighted by Gasteiger charge is 2.27. The third kappa shape index (κ3) is 4.42. The molecule has 1 rings (SSSR count). The molecule has 2 N–H and O–H groups in total. The first-order valence-electron chi connectivity index (χ1n) is 7.13. The maximum Gasteiger partial charge on any atom is 0.0615 e. The van der Waals surface area contributed by atoms with Gasteiger partial charge >= 0.3 is 0 Å². The van der Waals surface area contributed by atoms with Gasteiger partial charge in [-0.25, -0.2) is 0 Å². The molecule has 0 aromatic carbocycles. The zero-order chi connectivity index (χ0) is 11.8. The summed E-state index contributed by atoms with van der Waals surface area (Å²) in [7, 11) is 0. The predicted molar refractivity (Wildman–Crippen MR) is 69.4 cm³/mol. The average Bonchev–Trinajstić information content (AvgIpc) is 2.77. The molecule has 1 aliphatic rings. The number of ether oxygens (including phenoxy) is 1. The van der Waals surface area contributed by atoms with Crippen molar-refractivity contribution in [1.29, 1.82) is 0 Å². The summed E-state index contributed by atoms with van der Waals surface area (Å²) in [4.78, 5) is 0. The molecule has 16 heavy (non-hydrogen) atoms. The van der Waals surface area contributed by atoms with E-state index in [0.717, 1.165) is 19.1 Å². The molecule has 0 spiro atoms. The summed E-state index contributed by atoms with van der Waals surface area (Å²) in [5, 5.41) is 0. The number of hydrogen-bond acceptors (Lipinski definition) is 2. The fourth-order valence-electron chi connectivity index (χ4n) is 2.65. The smallest absolute Gasteiger partial charge is 0.0615 e. The van der Waals surface area contributed by atoms with Crippen LogP contribution in [0, 0.1) is 11.8 Å². The van der Waals surface area contributed by atoms with Crippen molar-refractivity contribution in [2.24, 2.45) is 17.6 Å². The van der Waals surface area contributed by atoms with Crippen LogP contribution in [0.1, 0.15) is 58.8 Å². The van der Waals surface area contributed by atoms with Gasteiger partial charge in [-0.2, -0.15) is 0 Å². The maximum atomic E-state index is 6.08. The SMILES string of the molecule is CCCCC(CC)COC1CCCC1CN. The van der Waals surface area contributed by atoms with E-state index in [1.165, 1.54) is 44.9 Å². The molecular weight excluding hydrogens is 198 g/mol. The van der Waals surface area contributed by atoms with E-state index in [2.05, 4.69) is 13.8 Å². The summed E-state index contributed by atoms with van der Waals surface area (Å²) in [6, 6.07) is 0. The minimum absolute atomic E-state index is 0.459. The van der Waals surface area contributed by atoms with Crippen molar-refractivity contribution in [2.75, 3.05) is 13.2 Å². The highest BCUT2D eigenvalue weighted by atomic mass is 16.5. The Hall–Kier alpha value is -0.0800. The van der Waals surface area contributed by atoms with Gasteiger partial charge in [0.1, 0.15) is 0 Å².